The van der Waals surface area contributed by atoms with Crippen LogP contribution >= 0.6 is 24.0 Å². The minimum Gasteiger partial charge on any atom is -0.339 e. The molecule has 2 saturated heterocycles. The third kappa shape index (κ3) is 4.34. The van der Waals surface area contributed by atoms with Crippen molar-refractivity contribution in [2.75, 3.05) is 39.8 Å². The highest BCUT2D eigenvalue weighted by molar-refractivity contribution is 8.26. The average Bonchev–Trinajstić information content (AvgIpc) is 2.90. The summed E-state index contributed by atoms with van der Waals surface area (Å²) in [5.41, 5.74) is 2.22. The molecule has 0 spiro atoms. The Hall–Kier alpha value is -1.70. The van der Waals surface area contributed by atoms with Crippen molar-refractivity contribution in [2.24, 2.45) is 0 Å². The van der Waals surface area contributed by atoms with E-state index >= 15 is 0 Å². The SMILES string of the molecule is CCc1ccc(C=C2SC(=S)N(CC(=O)N3CCN(C)CC3)C2=O)cc1. The van der Waals surface area contributed by atoms with Gasteiger partial charge in [0.2, 0.25) is 5.91 Å². The molecule has 0 aromatic heterocycles. The number of thioether (sulfide) groups is 1. The number of piperazine rings is 1. The maximum atomic E-state index is 12.7. The number of benzene rings is 1. The van der Waals surface area contributed by atoms with Gasteiger partial charge >= 0.3 is 0 Å². The second-order valence-corrected chi connectivity index (χ2v) is 8.22. The molecule has 2 amide bonds. The third-order valence-electron chi connectivity index (χ3n) is 4.71. The average molecular weight is 390 g/mol. The number of carbonyl (C=O) groups is 2. The van der Waals surface area contributed by atoms with Crippen LogP contribution in [0.2, 0.25) is 0 Å². The van der Waals surface area contributed by atoms with E-state index in [0.29, 0.717) is 22.3 Å². The van der Waals surface area contributed by atoms with Crippen LogP contribution in [-0.2, 0) is 16.0 Å². The summed E-state index contributed by atoms with van der Waals surface area (Å²) in [6.07, 6.45) is 2.83. The predicted octanol–water partition coefficient (Wildman–Crippen LogP) is 2.22. The molecule has 0 aliphatic carbocycles. The molecule has 1 aromatic rings. The van der Waals surface area contributed by atoms with E-state index in [1.54, 1.807) is 0 Å². The van der Waals surface area contributed by atoms with Crippen LogP contribution in [0.15, 0.2) is 29.2 Å². The van der Waals surface area contributed by atoms with Gasteiger partial charge in [-0.05, 0) is 30.7 Å². The van der Waals surface area contributed by atoms with E-state index in [2.05, 4.69) is 24.0 Å². The van der Waals surface area contributed by atoms with Gasteiger partial charge in [-0.1, -0.05) is 55.2 Å². The molecule has 2 aliphatic rings. The van der Waals surface area contributed by atoms with Crippen molar-refractivity contribution in [3.05, 3.63) is 40.3 Å². The first kappa shape index (κ1) is 19.1. The van der Waals surface area contributed by atoms with Gasteiger partial charge in [-0.2, -0.15) is 0 Å². The molecule has 0 saturated carbocycles. The fourth-order valence-electron chi connectivity index (χ4n) is 2.93. The van der Waals surface area contributed by atoms with Crippen molar-refractivity contribution in [1.29, 1.82) is 0 Å². The lowest BCUT2D eigenvalue weighted by atomic mass is 10.1. The molecule has 3 rings (SSSR count). The maximum absolute atomic E-state index is 12.7. The van der Waals surface area contributed by atoms with Crippen molar-refractivity contribution in [3.8, 4) is 0 Å². The first-order valence-corrected chi connectivity index (χ1v) is 10.0. The number of nitrogens with zero attached hydrogens (tertiary/aromatic N) is 3. The van der Waals surface area contributed by atoms with Crippen LogP contribution in [0, 0.1) is 0 Å². The van der Waals surface area contributed by atoms with Gasteiger partial charge in [0, 0.05) is 26.2 Å². The van der Waals surface area contributed by atoms with Crippen LogP contribution in [0.4, 0.5) is 0 Å². The van der Waals surface area contributed by atoms with Gasteiger partial charge in [0.25, 0.3) is 5.91 Å². The zero-order chi connectivity index (χ0) is 18.7. The smallest absolute Gasteiger partial charge is 0.266 e. The van der Waals surface area contributed by atoms with Crippen molar-refractivity contribution in [1.82, 2.24) is 14.7 Å². The highest BCUT2D eigenvalue weighted by Gasteiger charge is 2.34. The Morgan fingerprint density at radius 1 is 1.19 bits per heavy atom. The van der Waals surface area contributed by atoms with Gasteiger partial charge in [0.05, 0.1) is 4.91 Å². The monoisotopic (exact) mass is 389 g/mol. The Bertz CT molecular complexity index is 738. The van der Waals surface area contributed by atoms with Crippen molar-refractivity contribution < 1.29 is 9.59 Å². The quantitative estimate of drug-likeness (QED) is 0.584. The summed E-state index contributed by atoms with van der Waals surface area (Å²) in [5, 5.41) is 0. The first-order valence-electron chi connectivity index (χ1n) is 8.78. The molecule has 2 fully saturated rings. The molecule has 26 heavy (non-hydrogen) atoms. The highest BCUT2D eigenvalue weighted by Crippen LogP contribution is 2.32. The zero-order valence-corrected chi connectivity index (χ0v) is 16.7. The lowest BCUT2D eigenvalue weighted by Gasteiger charge is -2.33. The molecule has 0 N–H and O–H groups in total. The number of carbonyl (C=O) groups excluding carboxylic acids is 2. The summed E-state index contributed by atoms with van der Waals surface area (Å²) in [6.45, 7) is 5.25. The molecular formula is C19H23N3O2S2. The van der Waals surface area contributed by atoms with Crippen molar-refractivity contribution >= 4 is 46.2 Å². The molecule has 1 aromatic carbocycles. The molecule has 5 nitrogen and oxygen atoms in total. The molecule has 0 atom stereocenters. The number of rotatable bonds is 4. The van der Waals surface area contributed by atoms with Crippen LogP contribution in [0.25, 0.3) is 6.08 Å². The Balaban J connectivity index is 1.66. The number of likely N-dealkylation sites (N-methyl/N-ethyl adjacent to an activating group) is 1. The Morgan fingerprint density at radius 3 is 2.46 bits per heavy atom. The summed E-state index contributed by atoms with van der Waals surface area (Å²) in [4.78, 5) is 31.2. The lowest BCUT2D eigenvalue weighted by molar-refractivity contribution is -0.136. The van der Waals surface area contributed by atoms with E-state index in [-0.39, 0.29) is 18.4 Å². The minimum absolute atomic E-state index is 0.0283. The van der Waals surface area contributed by atoms with Crippen molar-refractivity contribution in [2.45, 2.75) is 13.3 Å². The number of thiocarbonyl (C=S) groups is 1. The topological polar surface area (TPSA) is 43.9 Å². The van der Waals surface area contributed by atoms with E-state index in [9.17, 15) is 9.59 Å². The second-order valence-electron chi connectivity index (χ2n) is 6.55. The molecule has 0 radical (unpaired) electrons. The first-order chi connectivity index (χ1) is 12.5. The third-order valence-corrected chi connectivity index (χ3v) is 6.09. The molecule has 2 heterocycles. The molecular weight excluding hydrogens is 366 g/mol. The van der Waals surface area contributed by atoms with E-state index in [4.69, 9.17) is 12.2 Å². The second kappa shape index (κ2) is 8.33. The van der Waals surface area contributed by atoms with E-state index < -0.39 is 0 Å². The van der Waals surface area contributed by atoms with Crippen LogP contribution in [-0.4, -0.2) is 70.6 Å². The molecule has 7 heteroatoms. The summed E-state index contributed by atoms with van der Waals surface area (Å²) >= 11 is 6.60. The standard InChI is InChI=1S/C19H23N3O2S2/c1-3-14-4-6-15(7-5-14)12-16-18(24)22(19(25)26-16)13-17(23)21-10-8-20(2)9-11-21/h4-7,12H,3,8-11,13H2,1-2H3. The summed E-state index contributed by atoms with van der Waals surface area (Å²) in [5.74, 6) is -0.218. The van der Waals surface area contributed by atoms with Gasteiger partial charge in [0.15, 0.2) is 0 Å². The molecule has 2 aliphatic heterocycles. The summed E-state index contributed by atoms with van der Waals surface area (Å²) in [7, 11) is 2.04. The number of hydrogen-bond donors (Lipinski definition) is 0. The van der Waals surface area contributed by atoms with E-state index in [0.717, 1.165) is 25.1 Å². The van der Waals surface area contributed by atoms with Gasteiger partial charge in [-0.25, -0.2) is 0 Å². The normalized spacial score (nSPS) is 20.3. The Labute approximate surface area is 164 Å². The fourth-order valence-corrected chi connectivity index (χ4v) is 4.18. The van der Waals surface area contributed by atoms with Gasteiger partial charge < -0.3 is 9.80 Å². The number of hydrogen-bond acceptors (Lipinski definition) is 5. The Kier molecular flexibility index (Phi) is 6.11. The Morgan fingerprint density at radius 2 is 1.85 bits per heavy atom. The van der Waals surface area contributed by atoms with Crippen LogP contribution < -0.4 is 0 Å². The van der Waals surface area contributed by atoms with Crippen LogP contribution in [0.3, 0.4) is 0 Å². The molecule has 0 unspecified atom stereocenters. The van der Waals surface area contributed by atoms with Gasteiger partial charge in [0.1, 0.15) is 10.9 Å². The zero-order valence-electron chi connectivity index (χ0n) is 15.1. The fraction of sp³-hybridized carbons (Fsp3) is 0.421. The number of aryl methyl sites for hydroxylation is 1. The summed E-state index contributed by atoms with van der Waals surface area (Å²) < 4.78 is 0.453. The van der Waals surface area contributed by atoms with Crippen LogP contribution in [0.1, 0.15) is 18.1 Å². The van der Waals surface area contributed by atoms with E-state index in [1.807, 2.05) is 30.2 Å². The molecule has 0 bridgehead atoms. The van der Waals surface area contributed by atoms with Gasteiger partial charge in [-0.3, -0.25) is 14.5 Å². The highest BCUT2D eigenvalue weighted by atomic mass is 32.2. The minimum atomic E-state index is -0.179. The van der Waals surface area contributed by atoms with E-state index in [1.165, 1.54) is 22.2 Å². The summed E-state index contributed by atoms with van der Waals surface area (Å²) in [6, 6.07) is 8.12. The van der Waals surface area contributed by atoms with Crippen LogP contribution in [0.5, 0.6) is 0 Å². The molecule has 138 valence electrons. The lowest BCUT2D eigenvalue weighted by Crippen LogP contribution is -2.50. The van der Waals surface area contributed by atoms with Crippen molar-refractivity contribution in [3.63, 3.8) is 0 Å². The predicted molar refractivity (Wildman–Crippen MR) is 110 cm³/mol. The number of amides is 2. The maximum Gasteiger partial charge on any atom is 0.266 e. The largest absolute Gasteiger partial charge is 0.339 e. The van der Waals surface area contributed by atoms with Gasteiger partial charge in [-0.15, -0.1) is 0 Å².